The number of anilines is 2. The van der Waals surface area contributed by atoms with Crippen LogP contribution in [0, 0.1) is 0 Å². The van der Waals surface area contributed by atoms with Gasteiger partial charge in [0.25, 0.3) is 0 Å². The molecule has 25 heavy (non-hydrogen) atoms. The van der Waals surface area contributed by atoms with Crippen molar-refractivity contribution in [3.63, 3.8) is 0 Å². The van der Waals surface area contributed by atoms with E-state index in [1.165, 1.54) is 5.56 Å². The number of carbonyl (C=O) groups excluding carboxylic acids is 1. The average Bonchev–Trinajstić information content (AvgIpc) is 2.62. The summed E-state index contributed by atoms with van der Waals surface area (Å²) in [5.41, 5.74) is 2.38. The number of nitrogens with zero attached hydrogens (tertiary/aromatic N) is 1. The van der Waals surface area contributed by atoms with Crippen LogP contribution in [0.1, 0.15) is 5.56 Å². The van der Waals surface area contributed by atoms with E-state index in [9.17, 15) is 4.79 Å². The highest BCUT2D eigenvalue weighted by atomic mass is 35.5. The molecule has 2 amide bonds. The Morgan fingerprint density at radius 2 is 1.76 bits per heavy atom. The molecule has 7 heteroatoms. The Labute approximate surface area is 156 Å². The van der Waals surface area contributed by atoms with Gasteiger partial charge in [-0.1, -0.05) is 41.4 Å². The zero-order chi connectivity index (χ0) is 17.6. The number of hydrogen-bond donors (Lipinski definition) is 2. The van der Waals surface area contributed by atoms with Gasteiger partial charge in [0, 0.05) is 25.3 Å². The molecule has 0 bridgehead atoms. The Balaban J connectivity index is 1.55. The fourth-order valence-electron chi connectivity index (χ4n) is 2.60. The first-order chi connectivity index (χ1) is 12.1. The molecule has 0 spiro atoms. The molecule has 2 aromatic rings. The molecule has 0 aliphatic carbocycles. The maximum Gasteiger partial charge on any atom is 0.323 e. The number of ether oxygens (including phenoxy) is 1. The van der Waals surface area contributed by atoms with Crippen LogP contribution < -0.4 is 10.6 Å². The molecule has 1 aliphatic heterocycles. The number of urea groups is 1. The van der Waals surface area contributed by atoms with E-state index in [2.05, 4.69) is 15.5 Å². The Hall–Kier alpha value is -1.79. The highest BCUT2D eigenvalue weighted by molar-refractivity contribution is 6.44. The zero-order valence-corrected chi connectivity index (χ0v) is 15.1. The molecule has 1 saturated heterocycles. The zero-order valence-electron chi connectivity index (χ0n) is 13.6. The van der Waals surface area contributed by atoms with Crippen molar-refractivity contribution >= 4 is 40.6 Å². The molecule has 2 aromatic carbocycles. The number of amides is 2. The third kappa shape index (κ3) is 5.09. The van der Waals surface area contributed by atoms with Gasteiger partial charge in [0.15, 0.2) is 0 Å². The third-order valence-electron chi connectivity index (χ3n) is 3.92. The first-order valence-corrected chi connectivity index (χ1v) is 8.78. The second-order valence-electron chi connectivity index (χ2n) is 5.77. The first-order valence-electron chi connectivity index (χ1n) is 8.03. The van der Waals surface area contributed by atoms with E-state index in [0.717, 1.165) is 32.8 Å². The topological polar surface area (TPSA) is 53.6 Å². The lowest BCUT2D eigenvalue weighted by molar-refractivity contribution is 0.0342. The molecule has 5 nitrogen and oxygen atoms in total. The molecule has 3 rings (SSSR count). The van der Waals surface area contributed by atoms with Gasteiger partial charge in [-0.2, -0.15) is 0 Å². The molecule has 1 fully saturated rings. The second kappa shape index (κ2) is 8.54. The number of morpholine rings is 1. The van der Waals surface area contributed by atoms with E-state index in [-0.39, 0.29) is 6.03 Å². The van der Waals surface area contributed by atoms with Gasteiger partial charge in [0.2, 0.25) is 0 Å². The third-order valence-corrected chi connectivity index (χ3v) is 4.74. The van der Waals surface area contributed by atoms with Crippen LogP contribution in [0.5, 0.6) is 0 Å². The highest BCUT2D eigenvalue weighted by Crippen LogP contribution is 2.29. The highest BCUT2D eigenvalue weighted by Gasteiger charge is 2.11. The van der Waals surface area contributed by atoms with Crippen molar-refractivity contribution in [2.24, 2.45) is 0 Å². The minimum absolute atomic E-state index is 0.320. The lowest BCUT2D eigenvalue weighted by Crippen LogP contribution is -2.35. The van der Waals surface area contributed by atoms with Crippen LogP contribution in [0.25, 0.3) is 0 Å². The summed E-state index contributed by atoms with van der Waals surface area (Å²) in [4.78, 5) is 14.4. The Morgan fingerprint density at radius 1 is 1.04 bits per heavy atom. The van der Waals surface area contributed by atoms with Crippen LogP contribution in [0.15, 0.2) is 42.5 Å². The van der Waals surface area contributed by atoms with Gasteiger partial charge < -0.3 is 15.4 Å². The number of hydrogen-bond acceptors (Lipinski definition) is 3. The smallest absolute Gasteiger partial charge is 0.323 e. The SMILES string of the molecule is O=C(Nc1ccc(CN2CCOCC2)cc1)Nc1cccc(Cl)c1Cl. The number of carbonyl (C=O) groups is 1. The van der Waals surface area contributed by atoms with Crippen molar-refractivity contribution in [2.45, 2.75) is 6.54 Å². The van der Waals surface area contributed by atoms with E-state index in [4.69, 9.17) is 27.9 Å². The van der Waals surface area contributed by atoms with Gasteiger partial charge in [-0.3, -0.25) is 4.90 Å². The average molecular weight is 380 g/mol. The summed E-state index contributed by atoms with van der Waals surface area (Å²) in [6.45, 7) is 4.34. The van der Waals surface area contributed by atoms with Gasteiger partial charge in [-0.15, -0.1) is 0 Å². The van der Waals surface area contributed by atoms with Crippen molar-refractivity contribution in [3.05, 3.63) is 58.1 Å². The van der Waals surface area contributed by atoms with Crippen molar-refractivity contribution < 1.29 is 9.53 Å². The van der Waals surface area contributed by atoms with E-state index in [1.54, 1.807) is 18.2 Å². The molecule has 0 radical (unpaired) electrons. The van der Waals surface area contributed by atoms with E-state index >= 15 is 0 Å². The monoisotopic (exact) mass is 379 g/mol. The summed E-state index contributed by atoms with van der Waals surface area (Å²) in [5.74, 6) is 0. The van der Waals surface area contributed by atoms with Crippen molar-refractivity contribution in [1.29, 1.82) is 0 Å². The maximum absolute atomic E-state index is 12.1. The number of nitrogens with one attached hydrogen (secondary N) is 2. The molecular weight excluding hydrogens is 361 g/mol. The van der Waals surface area contributed by atoms with Gasteiger partial charge in [0.1, 0.15) is 0 Å². The van der Waals surface area contributed by atoms with Crippen LogP contribution in [0.3, 0.4) is 0 Å². The summed E-state index contributed by atoms with van der Waals surface area (Å²) >= 11 is 12.0. The van der Waals surface area contributed by atoms with Gasteiger partial charge >= 0.3 is 6.03 Å². The summed E-state index contributed by atoms with van der Waals surface area (Å²) in [5, 5.41) is 6.19. The van der Waals surface area contributed by atoms with Crippen LogP contribution >= 0.6 is 23.2 Å². The van der Waals surface area contributed by atoms with E-state index in [0.29, 0.717) is 21.4 Å². The van der Waals surface area contributed by atoms with Crippen LogP contribution in [0.2, 0.25) is 10.0 Å². The van der Waals surface area contributed by atoms with Gasteiger partial charge in [-0.25, -0.2) is 4.79 Å². The Morgan fingerprint density at radius 3 is 2.48 bits per heavy atom. The molecule has 0 saturated carbocycles. The van der Waals surface area contributed by atoms with Crippen molar-refractivity contribution in [2.75, 3.05) is 36.9 Å². The van der Waals surface area contributed by atoms with Gasteiger partial charge in [0.05, 0.1) is 28.9 Å². The lowest BCUT2D eigenvalue weighted by Gasteiger charge is -2.26. The summed E-state index contributed by atoms with van der Waals surface area (Å²) in [6.07, 6.45) is 0. The van der Waals surface area contributed by atoms with Crippen LogP contribution in [0.4, 0.5) is 16.2 Å². The second-order valence-corrected chi connectivity index (χ2v) is 6.55. The van der Waals surface area contributed by atoms with Crippen molar-refractivity contribution in [3.8, 4) is 0 Å². The summed E-state index contributed by atoms with van der Waals surface area (Å²) in [6, 6.07) is 12.5. The molecule has 1 heterocycles. The fourth-order valence-corrected chi connectivity index (χ4v) is 2.94. The molecule has 0 atom stereocenters. The van der Waals surface area contributed by atoms with E-state index in [1.807, 2.05) is 24.3 Å². The van der Waals surface area contributed by atoms with E-state index < -0.39 is 0 Å². The van der Waals surface area contributed by atoms with Crippen LogP contribution in [-0.4, -0.2) is 37.2 Å². The first kappa shape index (κ1) is 18.0. The normalized spacial score (nSPS) is 15.0. The minimum atomic E-state index is -0.370. The molecule has 0 unspecified atom stereocenters. The van der Waals surface area contributed by atoms with Crippen molar-refractivity contribution in [1.82, 2.24) is 4.90 Å². The summed E-state index contributed by atoms with van der Waals surface area (Å²) < 4.78 is 5.35. The molecule has 0 aromatic heterocycles. The Kier molecular flexibility index (Phi) is 6.15. The number of rotatable bonds is 4. The van der Waals surface area contributed by atoms with Crippen LogP contribution in [-0.2, 0) is 11.3 Å². The number of benzene rings is 2. The predicted molar refractivity (Wildman–Crippen MR) is 102 cm³/mol. The summed E-state index contributed by atoms with van der Waals surface area (Å²) in [7, 11) is 0. The fraction of sp³-hybridized carbons (Fsp3) is 0.278. The maximum atomic E-state index is 12.1. The lowest BCUT2D eigenvalue weighted by atomic mass is 10.2. The predicted octanol–water partition coefficient (Wildman–Crippen LogP) is 4.47. The quantitative estimate of drug-likeness (QED) is 0.823. The molecule has 132 valence electrons. The standard InChI is InChI=1S/C18H19Cl2N3O2/c19-15-2-1-3-16(17(15)20)22-18(24)21-14-6-4-13(5-7-14)12-23-8-10-25-11-9-23/h1-7H,8-12H2,(H2,21,22,24). The Bertz CT molecular complexity index is 732. The minimum Gasteiger partial charge on any atom is -0.379 e. The molecule has 2 N–H and O–H groups in total. The van der Waals surface area contributed by atoms with Gasteiger partial charge in [-0.05, 0) is 29.8 Å². The largest absolute Gasteiger partial charge is 0.379 e. The molecular formula is C18H19Cl2N3O2. The molecule has 1 aliphatic rings. The number of halogens is 2.